The molecule has 0 fully saturated rings. The largest absolute Gasteiger partial charge is 0.416 e. The van der Waals surface area contributed by atoms with Gasteiger partial charge in [0.1, 0.15) is 4.90 Å². The van der Waals surface area contributed by atoms with E-state index in [1.807, 2.05) is 0 Å². The molecule has 0 unspecified atom stereocenters. The van der Waals surface area contributed by atoms with Crippen LogP contribution in [0.4, 0.5) is 18.9 Å². The Labute approximate surface area is 156 Å². The summed E-state index contributed by atoms with van der Waals surface area (Å²) in [7, 11) is -2.76. The number of rotatable bonds is 4. The Kier molecular flexibility index (Phi) is 4.82. The van der Waals surface area contributed by atoms with Crippen LogP contribution < -0.4 is 4.72 Å². The average Bonchev–Trinajstić information content (AvgIpc) is 3.00. The molecule has 0 atom stereocenters. The van der Waals surface area contributed by atoms with E-state index >= 15 is 0 Å². The number of halogens is 4. The fourth-order valence-electron chi connectivity index (χ4n) is 2.29. The molecule has 0 saturated carbocycles. The van der Waals surface area contributed by atoms with Crippen molar-refractivity contribution in [3.8, 4) is 11.4 Å². The van der Waals surface area contributed by atoms with E-state index in [1.165, 1.54) is 16.8 Å². The molecule has 7 nitrogen and oxygen atoms in total. The number of hydrogen-bond donors (Lipinski definition) is 1. The van der Waals surface area contributed by atoms with Crippen LogP contribution in [0.2, 0.25) is 5.02 Å². The zero-order valence-electron chi connectivity index (χ0n) is 13.6. The number of hydrogen-bond acceptors (Lipinski definition) is 5. The van der Waals surface area contributed by atoms with E-state index in [2.05, 4.69) is 20.2 Å². The summed E-state index contributed by atoms with van der Waals surface area (Å²) in [5.74, 6) is 0.383. The molecule has 0 aliphatic carbocycles. The molecule has 2 aromatic carbocycles. The molecule has 1 heterocycles. The minimum atomic E-state index is -4.70. The van der Waals surface area contributed by atoms with Crippen molar-refractivity contribution < 1.29 is 21.6 Å². The van der Waals surface area contributed by atoms with Gasteiger partial charge in [-0.25, -0.2) is 13.1 Å². The SMILES string of the molecule is Cn1nnnc1-c1cccc(NS(=O)(=O)c2cc(C(F)(F)F)ccc2Cl)c1. The molecule has 1 N–H and O–H groups in total. The van der Waals surface area contributed by atoms with Crippen LogP contribution in [0, 0.1) is 0 Å². The van der Waals surface area contributed by atoms with Crippen LogP contribution >= 0.6 is 11.6 Å². The van der Waals surface area contributed by atoms with Crippen molar-refractivity contribution in [3.05, 3.63) is 53.1 Å². The highest BCUT2D eigenvalue weighted by Crippen LogP contribution is 2.34. The second-order valence-electron chi connectivity index (χ2n) is 5.46. The smallest absolute Gasteiger partial charge is 0.280 e. The third-order valence-electron chi connectivity index (χ3n) is 3.54. The lowest BCUT2D eigenvalue weighted by molar-refractivity contribution is -0.137. The Morgan fingerprint density at radius 3 is 2.52 bits per heavy atom. The van der Waals surface area contributed by atoms with Crippen molar-refractivity contribution in [1.82, 2.24) is 20.2 Å². The maximum absolute atomic E-state index is 12.9. The first-order valence-corrected chi connectivity index (χ1v) is 9.16. The summed E-state index contributed by atoms with van der Waals surface area (Å²) in [5.41, 5.74) is -0.493. The molecular weight excluding hydrogens is 407 g/mol. The fraction of sp³-hybridized carbons (Fsp3) is 0.133. The maximum Gasteiger partial charge on any atom is 0.416 e. The number of nitrogens with one attached hydrogen (secondary N) is 1. The minimum Gasteiger partial charge on any atom is -0.280 e. The summed E-state index contributed by atoms with van der Waals surface area (Å²) in [5, 5.41) is 10.7. The van der Waals surface area contributed by atoms with Crippen LogP contribution in [-0.2, 0) is 23.2 Å². The third kappa shape index (κ3) is 4.03. The monoisotopic (exact) mass is 417 g/mol. The molecule has 0 amide bonds. The van der Waals surface area contributed by atoms with E-state index < -0.39 is 26.7 Å². The van der Waals surface area contributed by atoms with Gasteiger partial charge in [0.05, 0.1) is 10.6 Å². The topological polar surface area (TPSA) is 89.8 Å². The lowest BCUT2D eigenvalue weighted by atomic mass is 10.2. The molecule has 142 valence electrons. The Hall–Kier alpha value is -2.66. The lowest BCUT2D eigenvalue weighted by Gasteiger charge is -2.13. The Morgan fingerprint density at radius 1 is 1.15 bits per heavy atom. The minimum absolute atomic E-state index is 0.115. The zero-order chi connectivity index (χ0) is 19.8. The van der Waals surface area contributed by atoms with E-state index in [0.717, 1.165) is 6.07 Å². The number of aromatic nitrogens is 4. The predicted molar refractivity (Wildman–Crippen MR) is 91.5 cm³/mol. The van der Waals surface area contributed by atoms with Crippen molar-refractivity contribution >= 4 is 27.3 Å². The molecule has 0 spiro atoms. The number of anilines is 1. The molecule has 3 aromatic rings. The van der Waals surface area contributed by atoms with E-state index in [4.69, 9.17) is 11.6 Å². The van der Waals surface area contributed by atoms with Crippen LogP contribution in [0.1, 0.15) is 5.56 Å². The summed E-state index contributed by atoms with van der Waals surface area (Å²) >= 11 is 5.81. The molecule has 0 bridgehead atoms. The average molecular weight is 418 g/mol. The molecule has 27 heavy (non-hydrogen) atoms. The summed E-state index contributed by atoms with van der Waals surface area (Å²) in [6, 6.07) is 8.18. The van der Waals surface area contributed by atoms with E-state index in [1.54, 1.807) is 19.2 Å². The Morgan fingerprint density at radius 2 is 1.89 bits per heavy atom. The summed E-state index contributed by atoms with van der Waals surface area (Å²) in [4.78, 5) is -0.676. The van der Waals surface area contributed by atoms with Gasteiger partial charge in [0, 0.05) is 18.3 Å². The Balaban J connectivity index is 1.97. The van der Waals surface area contributed by atoms with Crippen molar-refractivity contribution in [2.24, 2.45) is 7.05 Å². The normalized spacial score (nSPS) is 12.2. The molecule has 12 heteroatoms. The first-order chi connectivity index (χ1) is 12.6. The maximum atomic E-state index is 12.9. The number of benzene rings is 2. The van der Waals surface area contributed by atoms with Gasteiger partial charge < -0.3 is 0 Å². The van der Waals surface area contributed by atoms with Crippen LogP contribution in [0.25, 0.3) is 11.4 Å². The van der Waals surface area contributed by atoms with E-state index in [9.17, 15) is 21.6 Å². The molecule has 3 rings (SSSR count). The Bertz CT molecular complexity index is 1100. The molecule has 0 aliphatic heterocycles. The van der Waals surface area contributed by atoms with Crippen LogP contribution in [0.5, 0.6) is 0 Å². The van der Waals surface area contributed by atoms with Gasteiger partial charge in [-0.1, -0.05) is 23.7 Å². The number of aryl methyl sites for hydroxylation is 1. The van der Waals surface area contributed by atoms with E-state index in [0.29, 0.717) is 23.5 Å². The van der Waals surface area contributed by atoms with Gasteiger partial charge in [0.2, 0.25) is 0 Å². The van der Waals surface area contributed by atoms with Gasteiger partial charge in [-0.2, -0.15) is 13.2 Å². The molecule has 0 aliphatic rings. The van der Waals surface area contributed by atoms with Gasteiger partial charge in [-0.05, 0) is 40.8 Å². The van der Waals surface area contributed by atoms with Crippen LogP contribution in [0.15, 0.2) is 47.4 Å². The zero-order valence-corrected chi connectivity index (χ0v) is 15.1. The molecular formula is C15H11ClF3N5O2S. The summed E-state index contributed by atoms with van der Waals surface area (Å²) < 4.78 is 67.4. The van der Waals surface area contributed by atoms with E-state index in [-0.39, 0.29) is 10.7 Å². The van der Waals surface area contributed by atoms with Crippen molar-refractivity contribution in [3.63, 3.8) is 0 Å². The summed E-state index contributed by atoms with van der Waals surface area (Å²) in [6.07, 6.45) is -4.70. The molecule has 0 radical (unpaired) electrons. The van der Waals surface area contributed by atoms with Gasteiger partial charge in [0.15, 0.2) is 5.82 Å². The summed E-state index contributed by atoms with van der Waals surface area (Å²) in [6.45, 7) is 0. The number of sulfonamides is 1. The van der Waals surface area contributed by atoms with Gasteiger partial charge >= 0.3 is 6.18 Å². The molecule has 1 aromatic heterocycles. The van der Waals surface area contributed by atoms with Gasteiger partial charge in [-0.3, -0.25) is 4.72 Å². The highest BCUT2D eigenvalue weighted by atomic mass is 35.5. The highest BCUT2D eigenvalue weighted by molar-refractivity contribution is 7.92. The first kappa shape index (κ1) is 19.1. The van der Waals surface area contributed by atoms with Gasteiger partial charge in [-0.15, -0.1) is 5.10 Å². The van der Waals surface area contributed by atoms with Crippen molar-refractivity contribution in [2.45, 2.75) is 11.1 Å². The number of nitrogens with zero attached hydrogens (tertiary/aromatic N) is 4. The standard InChI is InChI=1S/C15H11ClF3N5O2S/c1-24-14(20-22-23-24)9-3-2-4-11(7-9)21-27(25,26)13-8-10(15(17,18)19)5-6-12(13)16/h2-8,21H,1H3. The quantitative estimate of drug-likeness (QED) is 0.703. The highest BCUT2D eigenvalue weighted by Gasteiger charge is 2.32. The van der Waals surface area contributed by atoms with Crippen LogP contribution in [-0.4, -0.2) is 28.6 Å². The second-order valence-corrected chi connectivity index (χ2v) is 7.51. The predicted octanol–water partition coefficient (Wildman–Crippen LogP) is 3.35. The van der Waals surface area contributed by atoms with Gasteiger partial charge in [0.25, 0.3) is 10.0 Å². The number of tetrazole rings is 1. The number of alkyl halides is 3. The second kappa shape index (κ2) is 6.82. The molecule has 0 saturated heterocycles. The van der Waals surface area contributed by atoms with Crippen LogP contribution in [0.3, 0.4) is 0 Å². The third-order valence-corrected chi connectivity index (χ3v) is 5.40. The van der Waals surface area contributed by atoms with Crippen molar-refractivity contribution in [1.29, 1.82) is 0 Å². The first-order valence-electron chi connectivity index (χ1n) is 7.30. The fourth-order valence-corrected chi connectivity index (χ4v) is 3.87. The van der Waals surface area contributed by atoms with Crippen molar-refractivity contribution in [2.75, 3.05) is 4.72 Å². The lowest BCUT2D eigenvalue weighted by Crippen LogP contribution is -2.15.